The van der Waals surface area contributed by atoms with Crippen LogP contribution in [0, 0.1) is 11.7 Å². The van der Waals surface area contributed by atoms with E-state index in [4.69, 9.17) is 5.73 Å². The van der Waals surface area contributed by atoms with Gasteiger partial charge in [-0.25, -0.2) is 4.39 Å². The van der Waals surface area contributed by atoms with Crippen LogP contribution in [0.4, 0.5) is 10.1 Å². The molecule has 0 unspecified atom stereocenters. The van der Waals surface area contributed by atoms with E-state index in [1.807, 2.05) is 13.0 Å². The summed E-state index contributed by atoms with van der Waals surface area (Å²) in [5.74, 6) is 0.664. The molecule has 1 aliphatic heterocycles. The van der Waals surface area contributed by atoms with E-state index in [0.29, 0.717) is 5.56 Å². The fourth-order valence-corrected chi connectivity index (χ4v) is 3.12. The van der Waals surface area contributed by atoms with E-state index in [-0.39, 0.29) is 11.9 Å². The van der Waals surface area contributed by atoms with Crippen molar-refractivity contribution >= 4 is 5.69 Å². The first-order valence-corrected chi connectivity index (χ1v) is 7.42. The fraction of sp³-hybridized carbons (Fsp3) is 0.625. The van der Waals surface area contributed by atoms with Crippen molar-refractivity contribution in [2.75, 3.05) is 18.0 Å². The van der Waals surface area contributed by atoms with Crippen molar-refractivity contribution in [3.05, 3.63) is 29.6 Å². The van der Waals surface area contributed by atoms with Gasteiger partial charge in [-0.3, -0.25) is 0 Å². The smallest absolute Gasteiger partial charge is 0.130 e. The molecule has 1 atom stereocenters. The number of anilines is 1. The third-order valence-corrected chi connectivity index (χ3v) is 4.14. The lowest BCUT2D eigenvalue weighted by molar-refractivity contribution is 0.377. The fourth-order valence-electron chi connectivity index (χ4n) is 3.12. The Morgan fingerprint density at radius 3 is 2.63 bits per heavy atom. The average molecular weight is 264 g/mol. The van der Waals surface area contributed by atoms with E-state index in [2.05, 4.69) is 11.8 Å². The predicted molar refractivity (Wildman–Crippen MR) is 78.8 cm³/mol. The lowest BCUT2D eigenvalue weighted by Gasteiger charge is -2.35. The van der Waals surface area contributed by atoms with Gasteiger partial charge >= 0.3 is 0 Å². The lowest BCUT2D eigenvalue weighted by atomic mass is 9.91. The number of benzene rings is 1. The predicted octanol–water partition coefficient (Wildman–Crippen LogP) is 3.86. The quantitative estimate of drug-likeness (QED) is 0.894. The van der Waals surface area contributed by atoms with Crippen LogP contribution in [-0.2, 0) is 0 Å². The summed E-state index contributed by atoms with van der Waals surface area (Å²) in [7, 11) is 0. The number of halogens is 1. The van der Waals surface area contributed by atoms with Gasteiger partial charge in [0.05, 0.1) is 0 Å². The van der Waals surface area contributed by atoms with Gasteiger partial charge in [-0.15, -0.1) is 0 Å². The number of nitrogens with zero attached hydrogens (tertiary/aromatic N) is 1. The second kappa shape index (κ2) is 6.38. The maximum absolute atomic E-state index is 13.9. The van der Waals surface area contributed by atoms with Gasteiger partial charge in [0.15, 0.2) is 0 Å². The number of hydrogen-bond donors (Lipinski definition) is 1. The van der Waals surface area contributed by atoms with Crippen molar-refractivity contribution in [2.24, 2.45) is 11.7 Å². The van der Waals surface area contributed by atoms with Crippen LogP contribution in [0.5, 0.6) is 0 Å². The third kappa shape index (κ3) is 3.27. The van der Waals surface area contributed by atoms with Crippen molar-refractivity contribution in [3.63, 3.8) is 0 Å². The van der Waals surface area contributed by atoms with Crippen molar-refractivity contribution < 1.29 is 4.39 Å². The lowest BCUT2D eigenvalue weighted by Crippen LogP contribution is -2.35. The van der Waals surface area contributed by atoms with Crippen molar-refractivity contribution in [1.82, 2.24) is 0 Å². The molecule has 0 aliphatic carbocycles. The number of rotatable bonds is 4. The molecule has 1 heterocycles. The van der Waals surface area contributed by atoms with Crippen LogP contribution in [-0.4, -0.2) is 13.1 Å². The number of piperidine rings is 1. The molecule has 2 rings (SSSR count). The van der Waals surface area contributed by atoms with E-state index in [9.17, 15) is 4.39 Å². The Balaban J connectivity index is 2.13. The molecule has 1 fully saturated rings. The van der Waals surface area contributed by atoms with Gasteiger partial charge in [0.1, 0.15) is 5.82 Å². The molecule has 0 aromatic heterocycles. The Hall–Kier alpha value is -1.09. The van der Waals surface area contributed by atoms with E-state index in [1.165, 1.54) is 31.7 Å². The molecule has 2 nitrogen and oxygen atoms in total. The summed E-state index contributed by atoms with van der Waals surface area (Å²) in [6.45, 7) is 6.14. The van der Waals surface area contributed by atoms with Crippen LogP contribution >= 0.6 is 0 Å². The molecule has 1 aromatic carbocycles. The van der Waals surface area contributed by atoms with Gasteiger partial charge in [-0.05, 0) is 37.8 Å². The monoisotopic (exact) mass is 264 g/mol. The summed E-state index contributed by atoms with van der Waals surface area (Å²) in [4.78, 5) is 2.30. The molecule has 0 bridgehead atoms. The second-order valence-electron chi connectivity index (χ2n) is 5.68. The van der Waals surface area contributed by atoms with Gasteiger partial charge in [-0.1, -0.05) is 25.8 Å². The molecular weight excluding hydrogens is 239 g/mol. The zero-order valence-corrected chi connectivity index (χ0v) is 12.0. The average Bonchev–Trinajstić information content (AvgIpc) is 2.39. The molecule has 0 radical (unpaired) electrons. The summed E-state index contributed by atoms with van der Waals surface area (Å²) >= 11 is 0. The summed E-state index contributed by atoms with van der Waals surface area (Å²) in [5, 5.41) is 0. The Morgan fingerprint density at radius 1 is 1.37 bits per heavy atom. The van der Waals surface area contributed by atoms with Crippen LogP contribution in [0.2, 0.25) is 0 Å². The molecule has 106 valence electrons. The Kier molecular flexibility index (Phi) is 4.81. The van der Waals surface area contributed by atoms with E-state index >= 15 is 0 Å². The molecular formula is C16H25FN2. The summed E-state index contributed by atoms with van der Waals surface area (Å²) < 4.78 is 13.9. The maximum Gasteiger partial charge on any atom is 0.130 e. The normalized spacial score (nSPS) is 18.6. The minimum atomic E-state index is -0.260. The highest BCUT2D eigenvalue weighted by atomic mass is 19.1. The van der Waals surface area contributed by atoms with Crippen LogP contribution < -0.4 is 10.6 Å². The highest BCUT2D eigenvalue weighted by Crippen LogP contribution is 2.32. The zero-order valence-electron chi connectivity index (χ0n) is 12.0. The van der Waals surface area contributed by atoms with Gasteiger partial charge in [-0.2, -0.15) is 0 Å². The van der Waals surface area contributed by atoms with Crippen molar-refractivity contribution in [1.29, 1.82) is 0 Å². The Labute approximate surface area is 115 Å². The molecule has 1 aliphatic rings. The minimum absolute atomic E-state index is 0.178. The molecule has 0 saturated carbocycles. The van der Waals surface area contributed by atoms with Gasteiger partial charge in [0.25, 0.3) is 0 Å². The maximum atomic E-state index is 13.9. The molecule has 0 amide bonds. The minimum Gasteiger partial charge on any atom is -0.371 e. The van der Waals surface area contributed by atoms with E-state index in [1.54, 1.807) is 6.07 Å². The largest absolute Gasteiger partial charge is 0.371 e. The SMILES string of the molecule is CCCC1CCN(c2cccc(F)c2[C@@H](C)N)CC1. The molecule has 0 spiro atoms. The van der Waals surface area contributed by atoms with Gasteiger partial charge < -0.3 is 10.6 Å². The van der Waals surface area contributed by atoms with Gasteiger partial charge in [0.2, 0.25) is 0 Å². The topological polar surface area (TPSA) is 29.3 Å². The third-order valence-electron chi connectivity index (χ3n) is 4.14. The van der Waals surface area contributed by atoms with Crippen molar-refractivity contribution in [3.8, 4) is 0 Å². The summed E-state index contributed by atoms with van der Waals surface area (Å²) in [5.41, 5.74) is 7.58. The highest BCUT2D eigenvalue weighted by molar-refractivity contribution is 5.55. The number of hydrogen-bond acceptors (Lipinski definition) is 2. The highest BCUT2D eigenvalue weighted by Gasteiger charge is 2.22. The Morgan fingerprint density at radius 2 is 2.05 bits per heavy atom. The van der Waals surface area contributed by atoms with Gasteiger partial charge in [0, 0.05) is 30.4 Å². The first-order valence-electron chi connectivity index (χ1n) is 7.42. The summed E-state index contributed by atoms with van der Waals surface area (Å²) in [6, 6.07) is 5.03. The van der Waals surface area contributed by atoms with E-state index in [0.717, 1.165) is 24.7 Å². The number of nitrogens with two attached hydrogens (primary N) is 1. The molecule has 2 N–H and O–H groups in total. The van der Waals surface area contributed by atoms with Crippen molar-refractivity contribution in [2.45, 2.75) is 45.6 Å². The first-order chi connectivity index (χ1) is 9.13. The molecule has 19 heavy (non-hydrogen) atoms. The zero-order chi connectivity index (χ0) is 13.8. The first kappa shape index (κ1) is 14.3. The van der Waals surface area contributed by atoms with Crippen LogP contribution in [0.1, 0.15) is 51.1 Å². The van der Waals surface area contributed by atoms with E-state index < -0.39 is 0 Å². The molecule has 1 aromatic rings. The van der Waals surface area contributed by atoms with Crippen LogP contribution in [0.25, 0.3) is 0 Å². The van der Waals surface area contributed by atoms with Crippen LogP contribution in [0.3, 0.4) is 0 Å². The Bertz CT molecular complexity index is 409. The second-order valence-corrected chi connectivity index (χ2v) is 5.68. The summed E-state index contributed by atoms with van der Waals surface area (Å²) in [6.07, 6.45) is 5.00. The van der Waals surface area contributed by atoms with Crippen LogP contribution in [0.15, 0.2) is 18.2 Å². The molecule has 1 saturated heterocycles. The standard InChI is InChI=1S/C16H25FN2/c1-3-5-13-8-10-19(11-9-13)15-7-4-6-14(17)16(15)12(2)18/h4,6-7,12-13H,3,5,8-11,18H2,1-2H3/t12-/m1/s1. The molecule has 3 heteroatoms.